The van der Waals surface area contributed by atoms with Crippen molar-refractivity contribution >= 4 is 10.9 Å². The number of hydrogen-bond acceptors (Lipinski definition) is 3. The van der Waals surface area contributed by atoms with Gasteiger partial charge in [0.2, 0.25) is 0 Å². The van der Waals surface area contributed by atoms with Crippen molar-refractivity contribution in [1.29, 1.82) is 0 Å². The van der Waals surface area contributed by atoms with Crippen LogP contribution in [0.25, 0.3) is 10.9 Å². The molecule has 0 aliphatic carbocycles. The highest BCUT2D eigenvalue weighted by Crippen LogP contribution is 2.18. The largest absolute Gasteiger partial charge is 0.328 e. The molecule has 5 nitrogen and oxygen atoms in total. The highest BCUT2D eigenvalue weighted by atomic mass is 16.2. The van der Waals surface area contributed by atoms with Crippen LogP contribution in [-0.2, 0) is 6.54 Å². The van der Waals surface area contributed by atoms with Crippen molar-refractivity contribution in [3.05, 3.63) is 45.1 Å². The SMILES string of the molecule is CC1CCN([C@@H](C)Cn2c(=O)[nH]c3ccccc3c2=O)CC1. The molecule has 1 aliphatic heterocycles. The minimum atomic E-state index is -0.319. The fourth-order valence-electron chi connectivity index (χ4n) is 3.21. The van der Waals surface area contributed by atoms with Gasteiger partial charge in [0.15, 0.2) is 0 Å². The summed E-state index contributed by atoms with van der Waals surface area (Å²) >= 11 is 0. The molecule has 1 fully saturated rings. The van der Waals surface area contributed by atoms with Gasteiger partial charge in [0.05, 0.1) is 10.9 Å². The Labute approximate surface area is 129 Å². The number of benzene rings is 1. The van der Waals surface area contributed by atoms with Gasteiger partial charge in [-0.25, -0.2) is 4.79 Å². The molecule has 0 amide bonds. The van der Waals surface area contributed by atoms with Gasteiger partial charge in [-0.3, -0.25) is 14.3 Å². The van der Waals surface area contributed by atoms with Crippen LogP contribution in [0.1, 0.15) is 26.7 Å². The molecular weight excluding hydrogens is 278 g/mol. The maximum Gasteiger partial charge on any atom is 0.328 e. The molecule has 1 aromatic carbocycles. The lowest BCUT2D eigenvalue weighted by atomic mass is 9.98. The summed E-state index contributed by atoms with van der Waals surface area (Å²) in [5.74, 6) is 0.773. The smallest absolute Gasteiger partial charge is 0.307 e. The van der Waals surface area contributed by atoms with Crippen LogP contribution in [0, 0.1) is 5.92 Å². The zero-order valence-corrected chi connectivity index (χ0v) is 13.2. The second-order valence-electron chi connectivity index (χ2n) is 6.46. The van der Waals surface area contributed by atoms with Crippen molar-refractivity contribution in [3.8, 4) is 0 Å². The topological polar surface area (TPSA) is 58.1 Å². The lowest BCUT2D eigenvalue weighted by Crippen LogP contribution is -2.46. The Kier molecular flexibility index (Phi) is 4.16. The molecule has 0 radical (unpaired) electrons. The normalized spacial score (nSPS) is 18.6. The summed E-state index contributed by atoms with van der Waals surface area (Å²) in [6.45, 7) is 6.90. The van der Waals surface area contributed by atoms with Gasteiger partial charge in [-0.2, -0.15) is 0 Å². The first kappa shape index (κ1) is 15.0. The number of nitrogens with one attached hydrogen (secondary N) is 1. The number of para-hydroxylation sites is 1. The number of piperidine rings is 1. The van der Waals surface area contributed by atoms with Crippen molar-refractivity contribution < 1.29 is 0 Å². The van der Waals surface area contributed by atoms with Gasteiger partial charge in [0, 0.05) is 12.6 Å². The van der Waals surface area contributed by atoms with E-state index in [9.17, 15) is 9.59 Å². The van der Waals surface area contributed by atoms with E-state index in [4.69, 9.17) is 0 Å². The van der Waals surface area contributed by atoms with Gasteiger partial charge < -0.3 is 4.98 Å². The Hall–Kier alpha value is -1.88. The van der Waals surface area contributed by atoms with Crippen LogP contribution in [0.15, 0.2) is 33.9 Å². The number of likely N-dealkylation sites (tertiary alicyclic amines) is 1. The molecule has 0 spiro atoms. The van der Waals surface area contributed by atoms with Crippen molar-refractivity contribution in [2.75, 3.05) is 13.1 Å². The van der Waals surface area contributed by atoms with Crippen LogP contribution < -0.4 is 11.2 Å². The van der Waals surface area contributed by atoms with Crippen LogP contribution in [0.2, 0.25) is 0 Å². The van der Waals surface area contributed by atoms with Crippen LogP contribution in [-0.4, -0.2) is 33.6 Å². The third kappa shape index (κ3) is 2.86. The predicted octanol–water partition coefficient (Wildman–Crippen LogP) is 1.81. The molecule has 118 valence electrons. The molecule has 1 aromatic heterocycles. The molecule has 0 unspecified atom stereocenters. The number of aromatic amines is 1. The molecule has 0 bridgehead atoms. The van der Waals surface area contributed by atoms with Crippen LogP contribution >= 0.6 is 0 Å². The van der Waals surface area contributed by atoms with E-state index in [-0.39, 0.29) is 17.3 Å². The maximum absolute atomic E-state index is 12.5. The molecule has 3 rings (SSSR count). The van der Waals surface area contributed by atoms with E-state index in [1.54, 1.807) is 12.1 Å². The van der Waals surface area contributed by atoms with Crippen LogP contribution in [0.4, 0.5) is 0 Å². The lowest BCUT2D eigenvalue weighted by molar-refractivity contribution is 0.134. The van der Waals surface area contributed by atoms with E-state index in [1.807, 2.05) is 12.1 Å². The summed E-state index contributed by atoms with van der Waals surface area (Å²) in [4.78, 5) is 29.9. The van der Waals surface area contributed by atoms with E-state index in [0.717, 1.165) is 19.0 Å². The number of nitrogens with zero attached hydrogens (tertiary/aromatic N) is 2. The maximum atomic E-state index is 12.5. The van der Waals surface area contributed by atoms with Crippen molar-refractivity contribution in [2.45, 2.75) is 39.3 Å². The highest BCUT2D eigenvalue weighted by molar-refractivity contribution is 5.76. The summed E-state index contributed by atoms with van der Waals surface area (Å²) in [7, 11) is 0. The second-order valence-corrected chi connectivity index (χ2v) is 6.46. The molecule has 2 heterocycles. The number of rotatable bonds is 3. The summed E-state index contributed by atoms with van der Waals surface area (Å²) in [6, 6.07) is 7.35. The Morgan fingerprint density at radius 2 is 1.91 bits per heavy atom. The Morgan fingerprint density at radius 1 is 1.23 bits per heavy atom. The first-order chi connectivity index (χ1) is 10.6. The Bertz CT molecular complexity index is 769. The summed E-state index contributed by atoms with van der Waals surface area (Å²) in [5.41, 5.74) is 0.0886. The zero-order chi connectivity index (χ0) is 15.7. The number of fused-ring (bicyclic) bond motifs is 1. The van der Waals surface area contributed by atoms with E-state index >= 15 is 0 Å². The minimum Gasteiger partial charge on any atom is -0.307 e. The monoisotopic (exact) mass is 301 g/mol. The number of H-pyrrole nitrogens is 1. The van der Waals surface area contributed by atoms with Gasteiger partial charge in [-0.05, 0) is 50.9 Å². The molecule has 5 heteroatoms. The number of aromatic nitrogens is 2. The lowest BCUT2D eigenvalue weighted by Gasteiger charge is -2.35. The molecule has 1 N–H and O–H groups in total. The van der Waals surface area contributed by atoms with Gasteiger partial charge in [0.25, 0.3) is 5.56 Å². The third-order valence-electron chi connectivity index (χ3n) is 4.78. The minimum absolute atomic E-state index is 0.187. The molecule has 1 atom stereocenters. The zero-order valence-electron chi connectivity index (χ0n) is 13.2. The molecule has 0 saturated carbocycles. The fraction of sp³-hybridized carbons (Fsp3) is 0.529. The summed E-state index contributed by atoms with van der Waals surface area (Å²) in [5, 5.41) is 0.571. The van der Waals surface area contributed by atoms with Crippen LogP contribution in [0.5, 0.6) is 0 Å². The van der Waals surface area contributed by atoms with Gasteiger partial charge >= 0.3 is 5.69 Å². The van der Waals surface area contributed by atoms with Gasteiger partial charge in [-0.1, -0.05) is 19.1 Å². The van der Waals surface area contributed by atoms with Crippen molar-refractivity contribution in [1.82, 2.24) is 14.5 Å². The van der Waals surface area contributed by atoms with E-state index in [0.29, 0.717) is 17.4 Å². The van der Waals surface area contributed by atoms with Crippen LogP contribution in [0.3, 0.4) is 0 Å². The third-order valence-corrected chi connectivity index (χ3v) is 4.78. The van der Waals surface area contributed by atoms with E-state index < -0.39 is 0 Å². The Morgan fingerprint density at radius 3 is 2.64 bits per heavy atom. The van der Waals surface area contributed by atoms with Crippen molar-refractivity contribution in [2.24, 2.45) is 5.92 Å². The van der Waals surface area contributed by atoms with E-state index in [1.165, 1.54) is 17.4 Å². The molecular formula is C17H23N3O2. The van der Waals surface area contributed by atoms with E-state index in [2.05, 4.69) is 23.7 Å². The van der Waals surface area contributed by atoms with Crippen molar-refractivity contribution in [3.63, 3.8) is 0 Å². The fourth-order valence-corrected chi connectivity index (χ4v) is 3.21. The summed E-state index contributed by atoms with van der Waals surface area (Å²) < 4.78 is 1.34. The molecule has 22 heavy (non-hydrogen) atoms. The predicted molar refractivity (Wildman–Crippen MR) is 88.3 cm³/mol. The Balaban J connectivity index is 1.87. The molecule has 1 aliphatic rings. The number of hydrogen-bond donors (Lipinski definition) is 1. The quantitative estimate of drug-likeness (QED) is 0.940. The second kappa shape index (κ2) is 6.08. The van der Waals surface area contributed by atoms with Gasteiger partial charge in [-0.15, -0.1) is 0 Å². The standard InChI is InChI=1S/C17H23N3O2/c1-12-7-9-19(10-8-12)13(2)11-20-16(21)14-5-3-4-6-15(14)18-17(20)22/h3-6,12-13H,7-11H2,1-2H3,(H,18,22)/t13-/m0/s1. The average molecular weight is 301 g/mol. The molecule has 1 saturated heterocycles. The molecule has 2 aromatic rings. The average Bonchev–Trinajstić information content (AvgIpc) is 2.52. The highest BCUT2D eigenvalue weighted by Gasteiger charge is 2.21. The summed E-state index contributed by atoms with van der Waals surface area (Å²) in [6.07, 6.45) is 2.38. The van der Waals surface area contributed by atoms with Gasteiger partial charge in [0.1, 0.15) is 0 Å². The first-order valence-electron chi connectivity index (χ1n) is 8.02. The first-order valence-corrected chi connectivity index (χ1v) is 8.02.